The van der Waals surface area contributed by atoms with Gasteiger partial charge >= 0.3 is 0 Å². The summed E-state index contributed by atoms with van der Waals surface area (Å²) in [5.41, 5.74) is 12.5. The first kappa shape index (κ1) is 19.0. The summed E-state index contributed by atoms with van der Waals surface area (Å²) in [5.74, 6) is 1.83. The third-order valence-electron chi connectivity index (χ3n) is 5.53. The molecular formula is C28H24N2O. The Bertz CT molecular complexity index is 1180. The van der Waals surface area contributed by atoms with Gasteiger partial charge < -0.3 is 15.4 Å². The molecule has 1 aliphatic heterocycles. The zero-order valence-corrected chi connectivity index (χ0v) is 17.4. The van der Waals surface area contributed by atoms with Crippen molar-refractivity contribution >= 4 is 17.1 Å². The van der Waals surface area contributed by atoms with Crippen LogP contribution in [0.2, 0.25) is 0 Å². The third kappa shape index (κ3) is 3.66. The quantitative estimate of drug-likeness (QED) is 0.343. The molecule has 0 radical (unpaired) electrons. The molecular weight excluding hydrogens is 380 g/mol. The Morgan fingerprint density at radius 3 is 1.81 bits per heavy atom. The average Bonchev–Trinajstić information content (AvgIpc) is 2.81. The van der Waals surface area contributed by atoms with E-state index in [0.29, 0.717) is 0 Å². The molecule has 31 heavy (non-hydrogen) atoms. The van der Waals surface area contributed by atoms with E-state index in [1.807, 2.05) is 49.4 Å². The summed E-state index contributed by atoms with van der Waals surface area (Å²) in [7, 11) is 0. The van der Waals surface area contributed by atoms with Crippen molar-refractivity contribution in [3.63, 3.8) is 0 Å². The molecule has 0 spiro atoms. The van der Waals surface area contributed by atoms with E-state index >= 15 is 0 Å². The predicted octanol–water partition coefficient (Wildman–Crippen LogP) is 7.26. The Morgan fingerprint density at radius 1 is 0.710 bits per heavy atom. The second kappa shape index (κ2) is 8.04. The standard InChI is InChI=1S/C28H24N2O/c1-20(29)19-24(21-9-3-2-4-10-21)22-15-17-23(18-16-22)30-25-11-5-7-13-27(25)31-28-14-8-6-12-26(28)30/h2-19,24H,29H2,1H3/b20-19-. The van der Waals surface area contributed by atoms with Crippen molar-refractivity contribution in [3.8, 4) is 11.5 Å². The van der Waals surface area contributed by atoms with Crippen molar-refractivity contribution < 1.29 is 4.74 Å². The number of benzene rings is 4. The van der Waals surface area contributed by atoms with Crippen LogP contribution in [0.5, 0.6) is 11.5 Å². The molecule has 0 bridgehead atoms. The molecule has 5 rings (SSSR count). The predicted molar refractivity (Wildman–Crippen MR) is 127 cm³/mol. The average molecular weight is 405 g/mol. The Kier molecular flexibility index (Phi) is 4.93. The van der Waals surface area contributed by atoms with Crippen LogP contribution in [0.1, 0.15) is 24.0 Å². The van der Waals surface area contributed by atoms with E-state index in [2.05, 4.69) is 71.6 Å². The number of hydrogen-bond donors (Lipinski definition) is 1. The first-order valence-electron chi connectivity index (χ1n) is 10.5. The van der Waals surface area contributed by atoms with E-state index in [0.717, 1.165) is 34.3 Å². The molecule has 0 saturated carbocycles. The van der Waals surface area contributed by atoms with Crippen LogP contribution in [0.4, 0.5) is 17.1 Å². The lowest BCUT2D eigenvalue weighted by atomic mass is 9.90. The Labute approximate surface area is 183 Å². The van der Waals surface area contributed by atoms with Gasteiger partial charge in [0.25, 0.3) is 0 Å². The highest BCUT2D eigenvalue weighted by molar-refractivity contribution is 5.86. The maximum Gasteiger partial charge on any atom is 0.151 e. The molecule has 0 amide bonds. The molecule has 0 aromatic heterocycles. The number of nitrogens with zero attached hydrogens (tertiary/aromatic N) is 1. The number of fused-ring (bicyclic) bond motifs is 2. The number of para-hydroxylation sites is 4. The number of ether oxygens (including phenoxy) is 1. The van der Waals surface area contributed by atoms with Crippen molar-refractivity contribution in [2.24, 2.45) is 5.73 Å². The Hall–Kier alpha value is -3.98. The summed E-state index contributed by atoms with van der Waals surface area (Å²) in [6.07, 6.45) is 2.11. The number of allylic oxidation sites excluding steroid dienone is 2. The lowest BCUT2D eigenvalue weighted by Gasteiger charge is -2.33. The minimum Gasteiger partial charge on any atom is -0.453 e. The van der Waals surface area contributed by atoms with Gasteiger partial charge in [-0.15, -0.1) is 0 Å². The molecule has 4 aromatic carbocycles. The van der Waals surface area contributed by atoms with Gasteiger partial charge in [0.2, 0.25) is 0 Å². The molecule has 0 saturated heterocycles. The van der Waals surface area contributed by atoms with Gasteiger partial charge in [0.15, 0.2) is 11.5 Å². The number of hydrogen-bond acceptors (Lipinski definition) is 3. The molecule has 1 atom stereocenters. The topological polar surface area (TPSA) is 38.5 Å². The number of rotatable bonds is 4. The Morgan fingerprint density at radius 2 is 1.23 bits per heavy atom. The highest BCUT2D eigenvalue weighted by Gasteiger charge is 2.25. The molecule has 1 aliphatic rings. The van der Waals surface area contributed by atoms with Crippen molar-refractivity contribution in [1.29, 1.82) is 0 Å². The summed E-state index contributed by atoms with van der Waals surface area (Å²) in [4.78, 5) is 2.25. The van der Waals surface area contributed by atoms with Gasteiger partial charge in [0.05, 0.1) is 11.4 Å². The third-order valence-corrected chi connectivity index (χ3v) is 5.53. The van der Waals surface area contributed by atoms with Gasteiger partial charge in [-0.25, -0.2) is 0 Å². The molecule has 0 aliphatic carbocycles. The normalized spacial score (nSPS) is 13.7. The second-order valence-electron chi connectivity index (χ2n) is 7.76. The van der Waals surface area contributed by atoms with E-state index in [4.69, 9.17) is 10.5 Å². The fraction of sp³-hybridized carbons (Fsp3) is 0.0714. The van der Waals surface area contributed by atoms with Crippen molar-refractivity contribution in [2.45, 2.75) is 12.8 Å². The van der Waals surface area contributed by atoms with Gasteiger partial charge in [-0.3, -0.25) is 0 Å². The van der Waals surface area contributed by atoms with E-state index in [1.54, 1.807) is 0 Å². The lowest BCUT2D eigenvalue weighted by molar-refractivity contribution is 0.477. The second-order valence-corrected chi connectivity index (χ2v) is 7.76. The Balaban J connectivity index is 1.57. The highest BCUT2D eigenvalue weighted by atomic mass is 16.5. The van der Waals surface area contributed by atoms with Crippen molar-refractivity contribution in [2.75, 3.05) is 4.90 Å². The maximum atomic E-state index is 6.13. The van der Waals surface area contributed by atoms with E-state index in [9.17, 15) is 0 Å². The van der Waals surface area contributed by atoms with Crippen molar-refractivity contribution in [1.82, 2.24) is 0 Å². The number of anilines is 3. The smallest absolute Gasteiger partial charge is 0.151 e. The zero-order valence-electron chi connectivity index (χ0n) is 17.4. The zero-order chi connectivity index (χ0) is 21.2. The van der Waals surface area contributed by atoms with Crippen LogP contribution in [0, 0.1) is 0 Å². The molecule has 2 N–H and O–H groups in total. The fourth-order valence-electron chi connectivity index (χ4n) is 4.12. The van der Waals surface area contributed by atoms with Crippen LogP contribution in [0.25, 0.3) is 0 Å². The number of nitrogens with two attached hydrogens (primary N) is 1. The maximum absolute atomic E-state index is 6.13. The molecule has 0 fully saturated rings. The van der Waals surface area contributed by atoms with E-state index in [1.165, 1.54) is 11.1 Å². The first-order chi connectivity index (χ1) is 15.2. The molecule has 3 nitrogen and oxygen atoms in total. The summed E-state index contributed by atoms with van der Waals surface area (Å²) >= 11 is 0. The van der Waals surface area contributed by atoms with E-state index in [-0.39, 0.29) is 5.92 Å². The molecule has 1 heterocycles. The minimum atomic E-state index is 0.115. The van der Waals surface area contributed by atoms with Gasteiger partial charge in [-0.1, -0.05) is 72.8 Å². The summed E-state index contributed by atoms with van der Waals surface area (Å²) in [6.45, 7) is 1.94. The first-order valence-corrected chi connectivity index (χ1v) is 10.5. The minimum absolute atomic E-state index is 0.115. The molecule has 1 unspecified atom stereocenters. The van der Waals surface area contributed by atoms with Gasteiger partial charge in [0, 0.05) is 17.3 Å². The van der Waals surface area contributed by atoms with Crippen LogP contribution in [0.3, 0.4) is 0 Å². The van der Waals surface area contributed by atoms with Crippen molar-refractivity contribution in [3.05, 3.63) is 126 Å². The summed E-state index contributed by atoms with van der Waals surface area (Å²) in [5, 5.41) is 0. The lowest BCUT2D eigenvalue weighted by Crippen LogP contribution is -2.15. The SMILES string of the molecule is C/C(N)=C/C(c1ccccc1)c1ccc(N2c3ccccc3Oc3ccccc32)cc1. The fourth-order valence-corrected chi connectivity index (χ4v) is 4.12. The summed E-state index contributed by atoms with van der Waals surface area (Å²) < 4.78 is 6.13. The van der Waals surface area contributed by atoms with Gasteiger partial charge in [-0.05, 0) is 54.4 Å². The van der Waals surface area contributed by atoms with Gasteiger partial charge in [0.1, 0.15) is 0 Å². The van der Waals surface area contributed by atoms with Crippen LogP contribution in [0.15, 0.2) is 115 Å². The largest absolute Gasteiger partial charge is 0.453 e. The molecule has 4 aromatic rings. The summed E-state index contributed by atoms with van der Waals surface area (Å²) in [6, 6.07) is 35.5. The van der Waals surface area contributed by atoms with Crippen LogP contribution in [-0.4, -0.2) is 0 Å². The highest BCUT2D eigenvalue weighted by Crippen LogP contribution is 2.50. The van der Waals surface area contributed by atoms with Crippen LogP contribution in [-0.2, 0) is 0 Å². The molecule has 152 valence electrons. The van der Waals surface area contributed by atoms with Crippen LogP contribution < -0.4 is 15.4 Å². The molecule has 3 heteroatoms. The monoisotopic (exact) mass is 404 g/mol. The van der Waals surface area contributed by atoms with E-state index < -0.39 is 0 Å². The van der Waals surface area contributed by atoms with Crippen LogP contribution >= 0.6 is 0 Å². The van der Waals surface area contributed by atoms with Gasteiger partial charge in [-0.2, -0.15) is 0 Å².